The Bertz CT molecular complexity index is 1620. The lowest BCUT2D eigenvalue weighted by Gasteiger charge is -2.21. The van der Waals surface area contributed by atoms with E-state index in [-0.39, 0.29) is 17.7 Å². The number of pyridine rings is 1. The molecule has 174 valence electrons. The van der Waals surface area contributed by atoms with E-state index < -0.39 is 17.4 Å². The van der Waals surface area contributed by atoms with Gasteiger partial charge in [0.2, 0.25) is 0 Å². The molecule has 0 aliphatic rings. The molecule has 1 aromatic heterocycles. The van der Waals surface area contributed by atoms with Crippen LogP contribution in [-0.2, 0) is 7.05 Å². The second-order valence-corrected chi connectivity index (χ2v) is 8.98. The standard InChI is InChI=1S/C29H23ClN2O3/c1-32-25-9-5-4-8-23(25)28(34)27(29(32)35)26(33)17-24(19-10-13-21(30)14-11-19)31-22-15-12-18-6-2-3-7-20(18)16-22/h2-16,24,31,34H,17H2,1H3/t24-/m1/s1. The van der Waals surface area contributed by atoms with Gasteiger partial charge in [-0.25, -0.2) is 0 Å². The van der Waals surface area contributed by atoms with E-state index in [1.807, 2.05) is 54.6 Å². The Morgan fingerprint density at radius 2 is 1.63 bits per heavy atom. The number of rotatable bonds is 6. The predicted molar refractivity (Wildman–Crippen MR) is 142 cm³/mol. The Morgan fingerprint density at radius 1 is 0.943 bits per heavy atom. The average Bonchev–Trinajstić information content (AvgIpc) is 2.87. The van der Waals surface area contributed by atoms with Crippen LogP contribution in [0.4, 0.5) is 5.69 Å². The lowest BCUT2D eigenvalue weighted by Crippen LogP contribution is -2.26. The average molecular weight is 483 g/mol. The van der Waals surface area contributed by atoms with E-state index in [9.17, 15) is 14.7 Å². The van der Waals surface area contributed by atoms with Crippen LogP contribution in [-0.4, -0.2) is 15.5 Å². The van der Waals surface area contributed by atoms with Gasteiger partial charge in [0, 0.05) is 29.6 Å². The lowest BCUT2D eigenvalue weighted by atomic mass is 9.96. The zero-order valence-electron chi connectivity index (χ0n) is 19.0. The molecule has 5 nitrogen and oxygen atoms in total. The number of halogens is 1. The molecule has 35 heavy (non-hydrogen) atoms. The normalized spacial score (nSPS) is 12.1. The molecule has 0 radical (unpaired) electrons. The minimum absolute atomic E-state index is 0.0321. The van der Waals surface area contributed by atoms with Gasteiger partial charge >= 0.3 is 0 Å². The summed E-state index contributed by atoms with van der Waals surface area (Å²) in [7, 11) is 1.60. The number of Topliss-reactive ketones (excluding diaryl/α,β-unsaturated/α-hetero) is 1. The molecule has 2 N–H and O–H groups in total. The largest absolute Gasteiger partial charge is 0.506 e. The number of anilines is 1. The number of para-hydroxylation sites is 1. The van der Waals surface area contributed by atoms with Crippen LogP contribution in [0.3, 0.4) is 0 Å². The molecule has 0 saturated carbocycles. The van der Waals surface area contributed by atoms with E-state index in [0.29, 0.717) is 15.9 Å². The number of aryl methyl sites for hydroxylation is 1. The Balaban J connectivity index is 1.54. The number of aromatic nitrogens is 1. The van der Waals surface area contributed by atoms with Crippen LogP contribution < -0.4 is 10.9 Å². The fraction of sp³-hybridized carbons (Fsp3) is 0.103. The summed E-state index contributed by atoms with van der Waals surface area (Å²) >= 11 is 6.09. The van der Waals surface area contributed by atoms with Crippen LogP contribution in [0, 0.1) is 0 Å². The first-order valence-corrected chi connectivity index (χ1v) is 11.6. The van der Waals surface area contributed by atoms with Crippen LogP contribution in [0.15, 0.2) is 95.8 Å². The maximum Gasteiger partial charge on any atom is 0.265 e. The number of nitrogens with one attached hydrogen (secondary N) is 1. The highest BCUT2D eigenvalue weighted by molar-refractivity contribution is 6.30. The van der Waals surface area contributed by atoms with E-state index in [0.717, 1.165) is 22.0 Å². The van der Waals surface area contributed by atoms with Crippen molar-refractivity contribution in [3.05, 3.63) is 117 Å². The van der Waals surface area contributed by atoms with Crippen molar-refractivity contribution >= 4 is 44.7 Å². The van der Waals surface area contributed by atoms with Crippen LogP contribution in [0.1, 0.15) is 28.4 Å². The monoisotopic (exact) mass is 482 g/mol. The fourth-order valence-electron chi connectivity index (χ4n) is 4.45. The van der Waals surface area contributed by atoms with Gasteiger partial charge in [0.25, 0.3) is 5.56 Å². The van der Waals surface area contributed by atoms with E-state index in [2.05, 4.69) is 5.32 Å². The van der Waals surface area contributed by atoms with Gasteiger partial charge in [-0.3, -0.25) is 9.59 Å². The topological polar surface area (TPSA) is 71.3 Å². The van der Waals surface area contributed by atoms with E-state index in [4.69, 9.17) is 11.6 Å². The van der Waals surface area contributed by atoms with Crippen LogP contribution in [0.25, 0.3) is 21.7 Å². The summed E-state index contributed by atoms with van der Waals surface area (Å²) in [6.07, 6.45) is -0.0321. The second-order valence-electron chi connectivity index (χ2n) is 8.54. The van der Waals surface area contributed by atoms with Crippen LogP contribution in [0.2, 0.25) is 5.02 Å². The maximum absolute atomic E-state index is 13.5. The van der Waals surface area contributed by atoms with Gasteiger partial charge in [0.15, 0.2) is 5.78 Å². The summed E-state index contributed by atoms with van der Waals surface area (Å²) < 4.78 is 1.40. The Hall–Kier alpha value is -4.09. The number of fused-ring (bicyclic) bond motifs is 2. The number of benzene rings is 4. The van der Waals surface area contributed by atoms with E-state index in [1.54, 1.807) is 43.4 Å². The Morgan fingerprint density at radius 3 is 2.40 bits per heavy atom. The summed E-state index contributed by atoms with van der Waals surface area (Å²) in [5, 5.41) is 17.6. The van der Waals surface area contributed by atoms with Gasteiger partial charge in [0.05, 0.1) is 11.6 Å². The molecule has 4 aromatic carbocycles. The lowest BCUT2D eigenvalue weighted by molar-refractivity contribution is 0.0972. The van der Waals surface area contributed by atoms with Crippen molar-refractivity contribution in [3.63, 3.8) is 0 Å². The second kappa shape index (κ2) is 9.28. The number of ketones is 1. The molecule has 0 saturated heterocycles. The number of aromatic hydroxyl groups is 1. The molecule has 1 heterocycles. The highest BCUT2D eigenvalue weighted by atomic mass is 35.5. The van der Waals surface area contributed by atoms with E-state index >= 15 is 0 Å². The molecule has 0 aliphatic carbocycles. The Labute approximate surface area is 207 Å². The van der Waals surface area contributed by atoms with E-state index in [1.165, 1.54) is 4.57 Å². The van der Waals surface area contributed by atoms with Crippen molar-refractivity contribution in [1.29, 1.82) is 0 Å². The van der Waals surface area contributed by atoms with Gasteiger partial charge in [-0.2, -0.15) is 0 Å². The SMILES string of the molecule is Cn1c(=O)c(C(=O)C[C@@H](Nc2ccc3ccccc3c2)c2ccc(Cl)cc2)c(O)c2ccccc21. The molecule has 6 heteroatoms. The molecule has 0 amide bonds. The summed E-state index contributed by atoms with van der Waals surface area (Å²) in [6, 6.07) is 27.8. The molecule has 0 spiro atoms. The van der Waals surface area contributed by atoms with Gasteiger partial charge < -0.3 is 15.0 Å². The van der Waals surface area contributed by atoms with Crippen molar-refractivity contribution < 1.29 is 9.90 Å². The van der Waals surface area contributed by atoms with Gasteiger partial charge in [0.1, 0.15) is 11.3 Å². The summed E-state index contributed by atoms with van der Waals surface area (Å²) in [6.45, 7) is 0. The van der Waals surface area contributed by atoms with Crippen molar-refractivity contribution in [1.82, 2.24) is 4.57 Å². The first-order valence-electron chi connectivity index (χ1n) is 11.3. The smallest absolute Gasteiger partial charge is 0.265 e. The molecule has 0 unspecified atom stereocenters. The van der Waals surface area contributed by atoms with Crippen molar-refractivity contribution in [3.8, 4) is 5.75 Å². The number of carbonyl (C=O) groups is 1. The van der Waals surface area contributed by atoms with Gasteiger partial charge in [-0.15, -0.1) is 0 Å². The molecule has 1 atom stereocenters. The molecular formula is C29H23ClN2O3. The quantitative estimate of drug-likeness (QED) is 0.272. The number of hydrogen-bond donors (Lipinski definition) is 2. The zero-order chi connectivity index (χ0) is 24.5. The summed E-state index contributed by atoms with van der Waals surface area (Å²) in [5.74, 6) is -0.726. The minimum Gasteiger partial charge on any atom is -0.506 e. The number of nitrogens with zero attached hydrogens (tertiary/aromatic N) is 1. The third-order valence-corrected chi connectivity index (χ3v) is 6.56. The third-order valence-electron chi connectivity index (χ3n) is 6.31. The molecule has 5 rings (SSSR count). The fourth-order valence-corrected chi connectivity index (χ4v) is 4.57. The minimum atomic E-state index is -0.522. The predicted octanol–water partition coefficient (Wildman–Crippen LogP) is 6.48. The zero-order valence-corrected chi connectivity index (χ0v) is 19.8. The van der Waals surface area contributed by atoms with Gasteiger partial charge in [-0.1, -0.05) is 66.2 Å². The third kappa shape index (κ3) is 4.38. The van der Waals surface area contributed by atoms with Crippen LogP contribution >= 0.6 is 11.6 Å². The molecule has 5 aromatic rings. The van der Waals surface area contributed by atoms with Crippen molar-refractivity contribution in [2.75, 3.05) is 5.32 Å². The molecular weight excluding hydrogens is 460 g/mol. The molecule has 0 aliphatic heterocycles. The van der Waals surface area contributed by atoms with Crippen molar-refractivity contribution in [2.45, 2.75) is 12.5 Å². The first kappa shape index (κ1) is 22.7. The number of hydrogen-bond acceptors (Lipinski definition) is 4. The van der Waals surface area contributed by atoms with Crippen molar-refractivity contribution in [2.24, 2.45) is 7.05 Å². The number of carbonyl (C=O) groups excluding carboxylic acids is 1. The van der Waals surface area contributed by atoms with Gasteiger partial charge in [-0.05, 0) is 52.7 Å². The maximum atomic E-state index is 13.5. The molecule has 0 fully saturated rings. The molecule has 0 bridgehead atoms. The van der Waals surface area contributed by atoms with Crippen LogP contribution in [0.5, 0.6) is 5.75 Å². The first-order chi connectivity index (χ1) is 16.9. The summed E-state index contributed by atoms with van der Waals surface area (Å²) in [4.78, 5) is 26.6. The highest BCUT2D eigenvalue weighted by Crippen LogP contribution is 2.31. The Kier molecular flexibility index (Phi) is 6.01. The summed E-state index contributed by atoms with van der Waals surface area (Å²) in [5.41, 5.74) is 1.52. The highest BCUT2D eigenvalue weighted by Gasteiger charge is 2.25.